The Bertz CT molecular complexity index is 332. The summed E-state index contributed by atoms with van der Waals surface area (Å²) in [6.45, 7) is 2.19. The molecule has 106 valence electrons. The van der Waals surface area contributed by atoms with Gasteiger partial charge in [0.05, 0.1) is 19.2 Å². The lowest BCUT2D eigenvalue weighted by Gasteiger charge is -2.29. The van der Waals surface area contributed by atoms with E-state index in [-0.39, 0.29) is 12.0 Å². The standard InChI is InChI=1S/C14H23N3O2/c15-9-13-10-17(7-8-19-13)11-14(18)16-12-5-3-1-2-4-6-12/h12-13H,1-8,10-11H2,(H,16,18). The molecule has 1 unspecified atom stereocenters. The van der Waals surface area contributed by atoms with Crippen molar-refractivity contribution in [3.05, 3.63) is 0 Å². The Balaban J connectivity index is 1.72. The van der Waals surface area contributed by atoms with E-state index in [1.54, 1.807) is 0 Å². The molecule has 1 atom stereocenters. The number of amides is 1. The largest absolute Gasteiger partial charge is 0.361 e. The van der Waals surface area contributed by atoms with Gasteiger partial charge >= 0.3 is 0 Å². The second-order valence-corrected chi connectivity index (χ2v) is 5.48. The van der Waals surface area contributed by atoms with Crippen molar-refractivity contribution >= 4 is 5.91 Å². The van der Waals surface area contributed by atoms with E-state index in [2.05, 4.69) is 11.4 Å². The van der Waals surface area contributed by atoms with Crippen molar-refractivity contribution in [2.75, 3.05) is 26.2 Å². The van der Waals surface area contributed by atoms with Gasteiger partial charge in [0.15, 0.2) is 6.10 Å². The molecule has 1 amide bonds. The first-order valence-corrected chi connectivity index (χ1v) is 7.31. The number of nitriles is 1. The van der Waals surface area contributed by atoms with Crippen molar-refractivity contribution in [2.45, 2.75) is 50.7 Å². The first-order valence-electron chi connectivity index (χ1n) is 7.31. The highest BCUT2D eigenvalue weighted by Crippen LogP contribution is 2.17. The summed E-state index contributed by atoms with van der Waals surface area (Å²) in [5.41, 5.74) is 0. The molecular weight excluding hydrogens is 242 g/mol. The number of carbonyl (C=O) groups excluding carboxylic acids is 1. The van der Waals surface area contributed by atoms with Crippen molar-refractivity contribution < 1.29 is 9.53 Å². The zero-order valence-electron chi connectivity index (χ0n) is 11.4. The summed E-state index contributed by atoms with van der Waals surface area (Å²) in [5.74, 6) is 0.0884. The molecule has 0 aromatic carbocycles. The summed E-state index contributed by atoms with van der Waals surface area (Å²) in [6.07, 6.45) is 6.85. The molecule has 0 bridgehead atoms. The zero-order valence-corrected chi connectivity index (χ0v) is 11.4. The summed E-state index contributed by atoms with van der Waals surface area (Å²) in [6, 6.07) is 2.45. The number of nitrogens with one attached hydrogen (secondary N) is 1. The molecule has 1 N–H and O–H groups in total. The normalized spacial score (nSPS) is 26.4. The molecule has 19 heavy (non-hydrogen) atoms. The molecule has 0 spiro atoms. The smallest absolute Gasteiger partial charge is 0.234 e. The highest BCUT2D eigenvalue weighted by Gasteiger charge is 2.22. The van der Waals surface area contributed by atoms with E-state index in [4.69, 9.17) is 10.00 Å². The molecule has 5 nitrogen and oxygen atoms in total. The van der Waals surface area contributed by atoms with E-state index in [0.717, 1.165) is 19.4 Å². The highest BCUT2D eigenvalue weighted by molar-refractivity contribution is 5.78. The van der Waals surface area contributed by atoms with E-state index in [0.29, 0.717) is 25.7 Å². The van der Waals surface area contributed by atoms with Crippen molar-refractivity contribution in [1.29, 1.82) is 5.26 Å². The Kier molecular flexibility index (Phi) is 5.62. The topological polar surface area (TPSA) is 65.4 Å². The maximum absolute atomic E-state index is 12.0. The number of rotatable bonds is 3. The van der Waals surface area contributed by atoms with Gasteiger partial charge in [-0.25, -0.2) is 0 Å². The van der Waals surface area contributed by atoms with Crippen LogP contribution in [0.2, 0.25) is 0 Å². The van der Waals surface area contributed by atoms with Crippen LogP contribution in [0.15, 0.2) is 0 Å². The van der Waals surface area contributed by atoms with Crippen LogP contribution in [0.1, 0.15) is 38.5 Å². The minimum absolute atomic E-state index is 0.0884. The van der Waals surface area contributed by atoms with Crippen molar-refractivity contribution in [2.24, 2.45) is 0 Å². The number of morpholine rings is 1. The number of hydrogen-bond donors (Lipinski definition) is 1. The van der Waals surface area contributed by atoms with Gasteiger partial charge in [-0.05, 0) is 12.8 Å². The van der Waals surface area contributed by atoms with Gasteiger partial charge in [0, 0.05) is 19.1 Å². The van der Waals surface area contributed by atoms with Crippen molar-refractivity contribution in [1.82, 2.24) is 10.2 Å². The summed E-state index contributed by atoms with van der Waals surface area (Å²) in [4.78, 5) is 14.0. The second-order valence-electron chi connectivity index (χ2n) is 5.48. The Hall–Kier alpha value is -1.12. The van der Waals surface area contributed by atoms with Crippen LogP contribution < -0.4 is 5.32 Å². The number of nitrogens with zero attached hydrogens (tertiary/aromatic N) is 2. The minimum atomic E-state index is -0.389. The van der Waals surface area contributed by atoms with Crippen LogP contribution in [0, 0.1) is 11.3 Å². The highest BCUT2D eigenvalue weighted by atomic mass is 16.5. The lowest BCUT2D eigenvalue weighted by atomic mass is 10.1. The molecule has 1 heterocycles. The van der Waals surface area contributed by atoms with Gasteiger partial charge in [0.2, 0.25) is 5.91 Å². The number of carbonyl (C=O) groups is 1. The fourth-order valence-electron chi connectivity index (χ4n) is 2.82. The molecule has 5 heteroatoms. The molecule has 0 radical (unpaired) electrons. The van der Waals surface area contributed by atoms with Crippen molar-refractivity contribution in [3.63, 3.8) is 0 Å². The Morgan fingerprint density at radius 1 is 1.32 bits per heavy atom. The predicted octanol–water partition coefficient (Wildman–Crippen LogP) is 1.05. The fraction of sp³-hybridized carbons (Fsp3) is 0.857. The molecule has 0 aromatic rings. The minimum Gasteiger partial charge on any atom is -0.361 e. The Morgan fingerprint density at radius 2 is 2.05 bits per heavy atom. The molecular formula is C14H23N3O2. The van der Waals surface area contributed by atoms with E-state index < -0.39 is 0 Å². The van der Waals surface area contributed by atoms with Crippen LogP contribution in [0.3, 0.4) is 0 Å². The molecule has 1 aliphatic heterocycles. The molecule has 1 saturated carbocycles. The Morgan fingerprint density at radius 3 is 2.74 bits per heavy atom. The van der Waals surface area contributed by atoms with Crippen LogP contribution in [-0.2, 0) is 9.53 Å². The zero-order chi connectivity index (χ0) is 13.5. The third kappa shape index (κ3) is 4.81. The summed E-state index contributed by atoms with van der Waals surface area (Å²) in [7, 11) is 0. The van der Waals surface area contributed by atoms with Gasteiger partial charge < -0.3 is 10.1 Å². The fourth-order valence-corrected chi connectivity index (χ4v) is 2.82. The van der Waals surface area contributed by atoms with Crippen LogP contribution in [0.25, 0.3) is 0 Å². The van der Waals surface area contributed by atoms with Crippen LogP contribution in [0.5, 0.6) is 0 Å². The third-order valence-corrected chi connectivity index (χ3v) is 3.88. The first kappa shape index (κ1) is 14.3. The molecule has 1 aliphatic carbocycles. The van der Waals surface area contributed by atoms with Crippen molar-refractivity contribution in [3.8, 4) is 6.07 Å². The molecule has 2 rings (SSSR count). The molecule has 0 aromatic heterocycles. The lowest BCUT2D eigenvalue weighted by molar-refractivity contribution is -0.124. The second kappa shape index (κ2) is 7.46. The maximum atomic E-state index is 12.0. The average molecular weight is 265 g/mol. The Labute approximate surface area is 114 Å². The molecule has 2 aliphatic rings. The van der Waals surface area contributed by atoms with Gasteiger partial charge in [-0.15, -0.1) is 0 Å². The SMILES string of the molecule is N#CC1CN(CC(=O)NC2CCCCCC2)CCO1. The third-order valence-electron chi connectivity index (χ3n) is 3.88. The number of ether oxygens (including phenoxy) is 1. The van der Waals surface area contributed by atoms with Crippen LogP contribution in [0.4, 0.5) is 0 Å². The van der Waals surface area contributed by atoms with E-state index in [1.807, 2.05) is 4.90 Å². The van der Waals surface area contributed by atoms with Gasteiger partial charge in [-0.1, -0.05) is 25.7 Å². The monoisotopic (exact) mass is 265 g/mol. The summed E-state index contributed by atoms with van der Waals surface area (Å²) >= 11 is 0. The van der Waals surface area contributed by atoms with Crippen LogP contribution in [-0.4, -0.2) is 49.2 Å². The maximum Gasteiger partial charge on any atom is 0.234 e. The lowest BCUT2D eigenvalue weighted by Crippen LogP contribution is -2.48. The van der Waals surface area contributed by atoms with E-state index in [1.165, 1.54) is 25.7 Å². The summed E-state index contributed by atoms with van der Waals surface area (Å²) < 4.78 is 5.27. The van der Waals surface area contributed by atoms with Crippen LogP contribution >= 0.6 is 0 Å². The van der Waals surface area contributed by atoms with E-state index >= 15 is 0 Å². The number of hydrogen-bond acceptors (Lipinski definition) is 4. The molecule has 1 saturated heterocycles. The van der Waals surface area contributed by atoms with Gasteiger partial charge in [-0.2, -0.15) is 5.26 Å². The first-order chi connectivity index (χ1) is 9.28. The molecule has 2 fully saturated rings. The summed E-state index contributed by atoms with van der Waals surface area (Å²) in [5, 5.41) is 12.0. The van der Waals surface area contributed by atoms with Gasteiger partial charge in [-0.3, -0.25) is 9.69 Å². The van der Waals surface area contributed by atoms with E-state index in [9.17, 15) is 4.79 Å². The van der Waals surface area contributed by atoms with Gasteiger partial charge in [0.1, 0.15) is 0 Å². The quantitative estimate of drug-likeness (QED) is 0.775. The predicted molar refractivity (Wildman–Crippen MR) is 71.4 cm³/mol. The van der Waals surface area contributed by atoms with Gasteiger partial charge in [0.25, 0.3) is 0 Å². The average Bonchev–Trinajstić information content (AvgIpc) is 2.67.